The SMILES string of the molecule is FC(F)(F)Oc1ccc2nc(Cl)ccc2c1. The number of aromatic nitrogens is 1. The van der Waals surface area contributed by atoms with Crippen molar-refractivity contribution in [3.63, 3.8) is 0 Å². The summed E-state index contributed by atoms with van der Waals surface area (Å²) < 4.78 is 39.6. The van der Waals surface area contributed by atoms with Crippen LogP contribution in [0.15, 0.2) is 30.3 Å². The highest BCUT2D eigenvalue weighted by atomic mass is 35.5. The summed E-state index contributed by atoms with van der Waals surface area (Å²) in [4.78, 5) is 3.94. The van der Waals surface area contributed by atoms with E-state index in [1.165, 1.54) is 24.3 Å². The van der Waals surface area contributed by atoms with E-state index in [4.69, 9.17) is 11.6 Å². The van der Waals surface area contributed by atoms with Gasteiger partial charge < -0.3 is 4.74 Å². The highest BCUT2D eigenvalue weighted by Crippen LogP contribution is 2.26. The molecule has 0 saturated carbocycles. The monoisotopic (exact) mass is 247 g/mol. The van der Waals surface area contributed by atoms with Crippen LogP contribution in [0.2, 0.25) is 5.15 Å². The van der Waals surface area contributed by atoms with E-state index in [9.17, 15) is 13.2 Å². The van der Waals surface area contributed by atoms with Gasteiger partial charge in [-0.2, -0.15) is 0 Å². The Morgan fingerprint density at radius 1 is 1.12 bits per heavy atom. The minimum Gasteiger partial charge on any atom is -0.406 e. The van der Waals surface area contributed by atoms with Crippen LogP contribution in [0.3, 0.4) is 0 Å². The highest BCUT2D eigenvalue weighted by molar-refractivity contribution is 6.29. The van der Waals surface area contributed by atoms with Gasteiger partial charge in [-0.3, -0.25) is 0 Å². The lowest BCUT2D eigenvalue weighted by atomic mass is 10.2. The maximum absolute atomic E-state index is 11.9. The fraction of sp³-hybridized carbons (Fsp3) is 0.100. The van der Waals surface area contributed by atoms with E-state index in [1.807, 2.05) is 0 Å². The van der Waals surface area contributed by atoms with E-state index in [2.05, 4.69) is 9.72 Å². The van der Waals surface area contributed by atoms with E-state index < -0.39 is 6.36 Å². The van der Waals surface area contributed by atoms with Crippen LogP contribution in [0.1, 0.15) is 0 Å². The van der Waals surface area contributed by atoms with Crippen LogP contribution in [0.4, 0.5) is 13.2 Å². The van der Waals surface area contributed by atoms with Crippen LogP contribution in [0.25, 0.3) is 10.9 Å². The second kappa shape index (κ2) is 3.83. The van der Waals surface area contributed by atoms with Gasteiger partial charge in [-0.1, -0.05) is 11.6 Å². The second-order valence-corrected chi connectivity index (χ2v) is 3.42. The number of pyridine rings is 1. The third kappa shape index (κ3) is 2.55. The van der Waals surface area contributed by atoms with Gasteiger partial charge in [0.15, 0.2) is 0 Å². The van der Waals surface area contributed by atoms with Gasteiger partial charge in [-0.15, -0.1) is 13.2 Å². The molecular weight excluding hydrogens is 243 g/mol. The fourth-order valence-electron chi connectivity index (χ4n) is 1.28. The molecule has 0 radical (unpaired) electrons. The maximum Gasteiger partial charge on any atom is 0.573 e. The standard InChI is InChI=1S/C10H5ClF3NO/c11-9-4-1-6-5-7(16-10(12,13)14)2-3-8(6)15-9/h1-5H. The molecule has 16 heavy (non-hydrogen) atoms. The number of fused-ring (bicyclic) bond motifs is 1. The fourth-order valence-corrected chi connectivity index (χ4v) is 1.43. The minimum atomic E-state index is -4.69. The normalized spacial score (nSPS) is 11.8. The number of ether oxygens (including phenoxy) is 1. The average Bonchev–Trinajstić information content (AvgIpc) is 2.16. The topological polar surface area (TPSA) is 22.1 Å². The van der Waals surface area contributed by atoms with Crippen molar-refractivity contribution in [2.24, 2.45) is 0 Å². The minimum absolute atomic E-state index is 0.274. The molecule has 0 saturated heterocycles. The largest absolute Gasteiger partial charge is 0.573 e. The first-order chi connectivity index (χ1) is 7.44. The lowest BCUT2D eigenvalue weighted by Gasteiger charge is -2.09. The molecule has 0 spiro atoms. The van der Waals surface area contributed by atoms with Gasteiger partial charge >= 0.3 is 6.36 Å². The zero-order chi connectivity index (χ0) is 11.8. The molecule has 0 fully saturated rings. The Balaban J connectivity index is 2.41. The van der Waals surface area contributed by atoms with Gasteiger partial charge in [0.1, 0.15) is 10.9 Å². The summed E-state index contributed by atoms with van der Waals surface area (Å²) >= 11 is 5.64. The van der Waals surface area contributed by atoms with Crippen molar-refractivity contribution >= 4 is 22.5 Å². The molecule has 0 bridgehead atoms. The van der Waals surface area contributed by atoms with E-state index in [-0.39, 0.29) is 10.9 Å². The van der Waals surface area contributed by atoms with Crippen LogP contribution in [-0.4, -0.2) is 11.3 Å². The number of alkyl halides is 3. The van der Waals surface area contributed by atoms with Gasteiger partial charge in [-0.25, -0.2) is 4.98 Å². The summed E-state index contributed by atoms with van der Waals surface area (Å²) in [5.74, 6) is -0.274. The third-order valence-corrected chi connectivity index (χ3v) is 2.07. The lowest BCUT2D eigenvalue weighted by molar-refractivity contribution is -0.274. The molecule has 6 heteroatoms. The number of benzene rings is 1. The predicted octanol–water partition coefficient (Wildman–Crippen LogP) is 3.79. The molecule has 0 aliphatic heterocycles. The molecule has 0 aliphatic carbocycles. The van der Waals surface area contributed by atoms with Crippen LogP contribution in [-0.2, 0) is 0 Å². The summed E-state index contributed by atoms with van der Waals surface area (Å²) in [6.45, 7) is 0. The van der Waals surface area contributed by atoms with Crippen molar-refractivity contribution in [2.45, 2.75) is 6.36 Å². The first-order valence-electron chi connectivity index (χ1n) is 4.26. The first kappa shape index (κ1) is 11.0. The number of rotatable bonds is 1. The highest BCUT2D eigenvalue weighted by Gasteiger charge is 2.31. The average molecular weight is 248 g/mol. The van der Waals surface area contributed by atoms with Crippen molar-refractivity contribution in [2.75, 3.05) is 0 Å². The van der Waals surface area contributed by atoms with Gasteiger partial charge in [-0.05, 0) is 30.3 Å². The van der Waals surface area contributed by atoms with E-state index in [0.29, 0.717) is 10.9 Å². The molecule has 0 amide bonds. The molecule has 1 aromatic heterocycles. The molecule has 0 N–H and O–H groups in total. The van der Waals surface area contributed by atoms with Gasteiger partial charge in [0.2, 0.25) is 0 Å². The molecule has 1 heterocycles. The van der Waals surface area contributed by atoms with Crippen LogP contribution >= 0.6 is 11.6 Å². The number of hydrogen-bond acceptors (Lipinski definition) is 2. The smallest absolute Gasteiger partial charge is 0.406 e. The van der Waals surface area contributed by atoms with Crippen LogP contribution < -0.4 is 4.74 Å². The van der Waals surface area contributed by atoms with Crippen LogP contribution in [0.5, 0.6) is 5.75 Å². The van der Waals surface area contributed by atoms with Gasteiger partial charge in [0, 0.05) is 5.39 Å². The molecule has 0 aliphatic rings. The Morgan fingerprint density at radius 3 is 2.56 bits per heavy atom. The van der Waals surface area contributed by atoms with E-state index in [1.54, 1.807) is 6.07 Å². The predicted molar refractivity (Wildman–Crippen MR) is 53.4 cm³/mol. The van der Waals surface area contributed by atoms with Crippen molar-refractivity contribution in [3.8, 4) is 5.75 Å². The van der Waals surface area contributed by atoms with Crippen molar-refractivity contribution in [1.82, 2.24) is 4.98 Å². The molecule has 2 nitrogen and oxygen atoms in total. The molecule has 84 valence electrons. The molecule has 2 rings (SSSR count). The molecular formula is C10H5ClF3NO. The summed E-state index contributed by atoms with van der Waals surface area (Å²) in [7, 11) is 0. The number of hydrogen-bond donors (Lipinski definition) is 0. The molecule has 0 atom stereocenters. The van der Waals surface area contributed by atoms with Gasteiger partial charge in [0.25, 0.3) is 0 Å². The molecule has 0 unspecified atom stereocenters. The second-order valence-electron chi connectivity index (χ2n) is 3.04. The Labute approximate surface area is 93.6 Å². The summed E-state index contributed by atoms with van der Waals surface area (Å²) in [6.07, 6.45) is -4.69. The summed E-state index contributed by atoms with van der Waals surface area (Å²) in [5.41, 5.74) is 0.516. The van der Waals surface area contributed by atoms with Crippen LogP contribution in [0, 0.1) is 0 Å². The maximum atomic E-state index is 11.9. The molecule has 1 aromatic carbocycles. The van der Waals surface area contributed by atoms with Crippen molar-refractivity contribution in [1.29, 1.82) is 0 Å². The number of halogens is 4. The Kier molecular flexibility index (Phi) is 2.63. The quantitative estimate of drug-likeness (QED) is 0.716. The zero-order valence-electron chi connectivity index (χ0n) is 7.75. The Bertz CT molecular complexity index is 527. The molecule has 2 aromatic rings. The van der Waals surface area contributed by atoms with E-state index >= 15 is 0 Å². The third-order valence-electron chi connectivity index (χ3n) is 1.86. The lowest BCUT2D eigenvalue weighted by Crippen LogP contribution is -2.16. The Hall–Kier alpha value is -1.49. The summed E-state index contributed by atoms with van der Waals surface area (Å²) in [5, 5.41) is 0.822. The van der Waals surface area contributed by atoms with Crippen molar-refractivity contribution in [3.05, 3.63) is 35.5 Å². The zero-order valence-corrected chi connectivity index (χ0v) is 8.51. The van der Waals surface area contributed by atoms with Gasteiger partial charge in [0.05, 0.1) is 5.52 Å². The number of nitrogens with zero attached hydrogens (tertiary/aromatic N) is 1. The van der Waals surface area contributed by atoms with E-state index in [0.717, 1.165) is 0 Å². The first-order valence-corrected chi connectivity index (χ1v) is 4.64. The van der Waals surface area contributed by atoms with Crippen molar-refractivity contribution < 1.29 is 17.9 Å². The Morgan fingerprint density at radius 2 is 1.88 bits per heavy atom. The summed E-state index contributed by atoms with van der Waals surface area (Å²) in [6, 6.07) is 6.95.